The molecule has 2 aromatic rings. The summed E-state index contributed by atoms with van der Waals surface area (Å²) in [5.74, 6) is 0.598. The molecule has 0 spiro atoms. The number of benzene rings is 2. The van der Waals surface area contributed by atoms with Gasteiger partial charge in [-0.3, -0.25) is 4.79 Å². The maximum Gasteiger partial charge on any atom is 0.240 e. The second-order valence-corrected chi connectivity index (χ2v) is 8.06. The van der Waals surface area contributed by atoms with Crippen LogP contribution in [0, 0.1) is 0 Å². The minimum atomic E-state index is -3.71. The van der Waals surface area contributed by atoms with Gasteiger partial charge in [0.15, 0.2) is 0 Å². The van der Waals surface area contributed by atoms with Crippen LogP contribution >= 0.6 is 11.6 Å². The molecule has 1 saturated heterocycles. The van der Waals surface area contributed by atoms with Crippen molar-refractivity contribution in [1.82, 2.24) is 4.72 Å². The van der Waals surface area contributed by atoms with E-state index in [1.807, 2.05) is 6.92 Å². The number of sulfonamides is 1. The molecular formula is C18H19ClN2O4S. The highest BCUT2D eigenvalue weighted by atomic mass is 35.5. The molecule has 1 heterocycles. The first-order chi connectivity index (χ1) is 12.4. The molecule has 1 amide bonds. The molecule has 1 atom stereocenters. The van der Waals surface area contributed by atoms with E-state index in [1.54, 1.807) is 29.2 Å². The van der Waals surface area contributed by atoms with E-state index in [0.29, 0.717) is 17.3 Å². The summed E-state index contributed by atoms with van der Waals surface area (Å²) in [7, 11) is -3.71. The van der Waals surface area contributed by atoms with E-state index in [0.717, 1.165) is 5.75 Å². The van der Waals surface area contributed by atoms with Gasteiger partial charge >= 0.3 is 0 Å². The predicted molar refractivity (Wildman–Crippen MR) is 100 cm³/mol. The average molecular weight is 395 g/mol. The van der Waals surface area contributed by atoms with E-state index in [2.05, 4.69) is 4.72 Å². The molecule has 3 rings (SSSR count). The van der Waals surface area contributed by atoms with Gasteiger partial charge < -0.3 is 9.64 Å². The molecule has 0 radical (unpaired) electrons. The van der Waals surface area contributed by atoms with Gasteiger partial charge in [-0.15, -0.1) is 0 Å². The van der Waals surface area contributed by atoms with E-state index >= 15 is 0 Å². The molecule has 6 nitrogen and oxygen atoms in total. The Balaban J connectivity index is 1.70. The van der Waals surface area contributed by atoms with Crippen LogP contribution in [0.3, 0.4) is 0 Å². The van der Waals surface area contributed by atoms with Crippen molar-refractivity contribution in [2.75, 3.05) is 18.1 Å². The van der Waals surface area contributed by atoms with Gasteiger partial charge in [0.05, 0.1) is 11.5 Å². The van der Waals surface area contributed by atoms with E-state index < -0.39 is 16.1 Å². The van der Waals surface area contributed by atoms with Crippen LogP contribution in [-0.4, -0.2) is 33.5 Å². The second-order valence-electron chi connectivity index (χ2n) is 5.91. The Morgan fingerprint density at radius 1 is 1.15 bits per heavy atom. The number of hydrogen-bond donors (Lipinski definition) is 1. The predicted octanol–water partition coefficient (Wildman–Crippen LogP) is 2.82. The summed E-state index contributed by atoms with van der Waals surface area (Å²) < 4.78 is 32.9. The fraction of sp³-hybridized carbons (Fsp3) is 0.278. The van der Waals surface area contributed by atoms with Gasteiger partial charge in [0.25, 0.3) is 0 Å². The first kappa shape index (κ1) is 18.7. The zero-order chi connectivity index (χ0) is 18.7. The lowest BCUT2D eigenvalue weighted by Gasteiger charge is -2.18. The summed E-state index contributed by atoms with van der Waals surface area (Å²) in [6, 6.07) is 12.6. The second kappa shape index (κ2) is 7.65. The van der Waals surface area contributed by atoms with E-state index in [4.69, 9.17) is 16.3 Å². The number of ether oxygens (including phenoxy) is 1. The van der Waals surface area contributed by atoms with Crippen LogP contribution < -0.4 is 14.4 Å². The maximum atomic E-state index is 12.5. The van der Waals surface area contributed by atoms with Gasteiger partial charge in [0, 0.05) is 29.7 Å². The molecule has 0 saturated carbocycles. The largest absolute Gasteiger partial charge is 0.494 e. The molecule has 138 valence electrons. The molecule has 1 N–H and O–H groups in total. The molecule has 0 bridgehead atoms. The first-order valence-electron chi connectivity index (χ1n) is 8.20. The number of carbonyl (C=O) groups is 1. The SMILES string of the molecule is CCOc1ccc(N2CC(NS(=O)(=O)c3ccc(Cl)cc3)CC2=O)cc1. The lowest BCUT2D eigenvalue weighted by Crippen LogP contribution is -2.37. The Labute approximate surface area is 157 Å². The number of hydrogen-bond acceptors (Lipinski definition) is 4. The quantitative estimate of drug-likeness (QED) is 0.817. The minimum absolute atomic E-state index is 0.111. The lowest BCUT2D eigenvalue weighted by atomic mass is 10.3. The summed E-state index contributed by atoms with van der Waals surface area (Å²) in [6.45, 7) is 2.74. The average Bonchev–Trinajstić information content (AvgIpc) is 2.96. The van der Waals surface area contributed by atoms with E-state index in [9.17, 15) is 13.2 Å². The van der Waals surface area contributed by atoms with Crippen molar-refractivity contribution >= 4 is 33.2 Å². The normalized spacial score (nSPS) is 17.5. The van der Waals surface area contributed by atoms with Crippen LogP contribution in [-0.2, 0) is 14.8 Å². The van der Waals surface area contributed by atoms with Crippen molar-refractivity contribution in [1.29, 1.82) is 0 Å². The summed E-state index contributed by atoms with van der Waals surface area (Å²) in [5, 5.41) is 0.460. The number of rotatable bonds is 6. The summed E-state index contributed by atoms with van der Waals surface area (Å²) in [5.41, 5.74) is 0.714. The highest BCUT2D eigenvalue weighted by Gasteiger charge is 2.33. The van der Waals surface area contributed by atoms with Crippen molar-refractivity contribution < 1.29 is 17.9 Å². The smallest absolute Gasteiger partial charge is 0.240 e. The third kappa shape index (κ3) is 4.17. The number of amides is 1. The topological polar surface area (TPSA) is 75.7 Å². The number of nitrogens with zero attached hydrogens (tertiary/aromatic N) is 1. The Hall–Kier alpha value is -2.09. The fourth-order valence-corrected chi connectivity index (χ4v) is 4.18. The van der Waals surface area contributed by atoms with Crippen molar-refractivity contribution in [3.63, 3.8) is 0 Å². The molecule has 8 heteroatoms. The zero-order valence-corrected chi connectivity index (χ0v) is 15.8. The van der Waals surface area contributed by atoms with Gasteiger partial charge in [-0.25, -0.2) is 13.1 Å². The van der Waals surface area contributed by atoms with E-state index in [-0.39, 0.29) is 23.8 Å². The Morgan fingerprint density at radius 3 is 2.42 bits per heavy atom. The standard InChI is InChI=1S/C18H19ClN2O4S/c1-2-25-16-7-5-15(6-8-16)21-12-14(11-18(21)22)20-26(23,24)17-9-3-13(19)4-10-17/h3-10,14,20H,2,11-12H2,1H3. The van der Waals surface area contributed by atoms with Gasteiger partial charge in [-0.1, -0.05) is 11.6 Å². The number of carbonyl (C=O) groups excluding carboxylic acids is 1. The third-order valence-corrected chi connectivity index (χ3v) is 5.82. The van der Waals surface area contributed by atoms with Crippen molar-refractivity contribution in [3.8, 4) is 5.75 Å². The third-order valence-electron chi connectivity index (χ3n) is 4.03. The molecular weight excluding hydrogens is 376 g/mol. The van der Waals surface area contributed by atoms with Crippen LogP contribution in [0.2, 0.25) is 5.02 Å². The Kier molecular flexibility index (Phi) is 5.50. The van der Waals surface area contributed by atoms with E-state index in [1.165, 1.54) is 24.3 Å². The molecule has 26 heavy (non-hydrogen) atoms. The monoisotopic (exact) mass is 394 g/mol. The number of halogens is 1. The van der Waals surface area contributed by atoms with Crippen LogP contribution in [0.25, 0.3) is 0 Å². The summed E-state index contributed by atoms with van der Waals surface area (Å²) in [4.78, 5) is 14.0. The highest BCUT2D eigenvalue weighted by molar-refractivity contribution is 7.89. The van der Waals surface area contributed by atoms with Crippen LogP contribution in [0.15, 0.2) is 53.4 Å². The molecule has 0 aliphatic carbocycles. The number of nitrogens with one attached hydrogen (secondary N) is 1. The molecule has 1 aliphatic heterocycles. The van der Waals surface area contributed by atoms with Gasteiger partial charge in [0.1, 0.15) is 5.75 Å². The van der Waals surface area contributed by atoms with Crippen LogP contribution in [0.1, 0.15) is 13.3 Å². The zero-order valence-electron chi connectivity index (χ0n) is 14.2. The molecule has 0 aromatic heterocycles. The Morgan fingerprint density at radius 2 is 1.81 bits per heavy atom. The highest BCUT2D eigenvalue weighted by Crippen LogP contribution is 2.25. The van der Waals surface area contributed by atoms with Crippen LogP contribution in [0.4, 0.5) is 5.69 Å². The summed E-state index contributed by atoms with van der Waals surface area (Å²) in [6.07, 6.45) is 0.111. The van der Waals surface area contributed by atoms with Gasteiger partial charge in [-0.2, -0.15) is 0 Å². The van der Waals surface area contributed by atoms with Crippen LogP contribution in [0.5, 0.6) is 5.75 Å². The first-order valence-corrected chi connectivity index (χ1v) is 10.1. The van der Waals surface area contributed by atoms with Crippen molar-refractivity contribution in [2.24, 2.45) is 0 Å². The van der Waals surface area contributed by atoms with Gasteiger partial charge in [0.2, 0.25) is 15.9 Å². The molecule has 2 aromatic carbocycles. The number of anilines is 1. The molecule has 1 fully saturated rings. The maximum absolute atomic E-state index is 12.5. The fourth-order valence-electron chi connectivity index (χ4n) is 2.83. The molecule has 1 unspecified atom stereocenters. The van der Waals surface area contributed by atoms with Crippen molar-refractivity contribution in [3.05, 3.63) is 53.6 Å². The lowest BCUT2D eigenvalue weighted by molar-refractivity contribution is -0.117. The van der Waals surface area contributed by atoms with Gasteiger partial charge in [-0.05, 0) is 55.5 Å². The molecule has 1 aliphatic rings. The Bertz CT molecular complexity index is 882. The van der Waals surface area contributed by atoms with Crippen molar-refractivity contribution in [2.45, 2.75) is 24.3 Å². The summed E-state index contributed by atoms with van der Waals surface area (Å²) >= 11 is 5.79. The minimum Gasteiger partial charge on any atom is -0.494 e.